The van der Waals surface area contributed by atoms with E-state index in [1.165, 1.54) is 20.3 Å². The number of guanidine groups is 1. The number of H-pyrrole nitrogens is 1. The number of carbonyl (C=O) groups is 2. The summed E-state index contributed by atoms with van der Waals surface area (Å²) in [5.41, 5.74) is 12.8. The molecule has 0 aliphatic rings. The number of hydrogen-bond acceptors (Lipinski definition) is 8. The van der Waals surface area contributed by atoms with Crippen molar-refractivity contribution in [3.63, 3.8) is 0 Å². The molecule has 13 nitrogen and oxygen atoms in total. The number of carboxylic acid groups (broad SMARTS) is 1. The van der Waals surface area contributed by atoms with Gasteiger partial charge >= 0.3 is 5.97 Å². The molecular weight excluding hydrogens is 511 g/mol. The Bertz CT molecular complexity index is 1270. The average Bonchev–Trinajstić information content (AvgIpc) is 3.42. The van der Waals surface area contributed by atoms with E-state index in [0.717, 1.165) is 5.56 Å². The zero-order valence-electron chi connectivity index (χ0n) is 22.1. The Balaban J connectivity index is 0.000000318. The predicted molar refractivity (Wildman–Crippen MR) is 141 cm³/mol. The molecule has 0 aliphatic carbocycles. The minimum absolute atomic E-state index is 0.00462. The third-order valence-corrected chi connectivity index (χ3v) is 5.25. The molecule has 3 aromatic rings. The van der Waals surface area contributed by atoms with Crippen LogP contribution in [0.3, 0.4) is 0 Å². The molecule has 1 unspecified atom stereocenters. The van der Waals surface area contributed by atoms with Crippen LogP contribution in [0.15, 0.2) is 41.4 Å². The lowest BCUT2D eigenvalue weighted by Crippen LogP contribution is -2.45. The van der Waals surface area contributed by atoms with Crippen molar-refractivity contribution in [2.45, 2.75) is 39.3 Å². The lowest BCUT2D eigenvalue weighted by Gasteiger charge is -2.16. The second-order valence-electron chi connectivity index (χ2n) is 8.69. The first-order valence-electron chi connectivity index (χ1n) is 11.9. The van der Waals surface area contributed by atoms with E-state index in [1.807, 2.05) is 13.8 Å². The van der Waals surface area contributed by atoms with Crippen molar-refractivity contribution in [3.05, 3.63) is 53.3 Å². The fourth-order valence-corrected chi connectivity index (χ4v) is 3.39. The summed E-state index contributed by atoms with van der Waals surface area (Å²) in [6.45, 7) is 4.10. The Morgan fingerprint density at radius 3 is 2.36 bits per heavy atom. The Morgan fingerprint density at radius 2 is 1.82 bits per heavy atom. The van der Waals surface area contributed by atoms with Crippen molar-refractivity contribution < 1.29 is 28.6 Å². The number of aromatic nitrogens is 4. The van der Waals surface area contributed by atoms with Crippen LogP contribution < -0.4 is 26.3 Å². The quantitative estimate of drug-likeness (QED) is 0.183. The third-order valence-electron chi connectivity index (χ3n) is 5.25. The highest BCUT2D eigenvalue weighted by molar-refractivity contribution is 5.94. The van der Waals surface area contributed by atoms with E-state index in [-0.39, 0.29) is 24.1 Å². The van der Waals surface area contributed by atoms with Gasteiger partial charge in [-0.2, -0.15) is 4.99 Å². The van der Waals surface area contributed by atoms with E-state index in [0.29, 0.717) is 41.4 Å². The molecule has 1 atom stereocenters. The number of aliphatic imine (C=N–C) groups is 1. The molecule has 0 spiro atoms. The monoisotopic (exact) mass is 544 g/mol. The number of nitrogens with zero attached hydrogens (tertiary/aromatic N) is 4. The van der Waals surface area contributed by atoms with Crippen LogP contribution in [-0.4, -0.2) is 63.8 Å². The highest BCUT2D eigenvalue weighted by Gasteiger charge is 2.19. The second kappa shape index (κ2) is 15.0. The number of methoxy groups -OCH3 is 2. The van der Waals surface area contributed by atoms with Crippen molar-refractivity contribution in [3.8, 4) is 22.9 Å². The Kier molecular flexibility index (Phi) is 11.8. The van der Waals surface area contributed by atoms with Gasteiger partial charge in [-0.25, -0.2) is 14.3 Å². The van der Waals surface area contributed by atoms with Gasteiger partial charge in [0.2, 0.25) is 0 Å². The zero-order valence-corrected chi connectivity index (χ0v) is 22.1. The minimum Gasteiger partial charge on any atom is -0.493 e. The third kappa shape index (κ3) is 9.66. The normalized spacial score (nSPS) is 11.8. The molecule has 0 saturated heterocycles. The maximum atomic E-state index is 13.4. The van der Waals surface area contributed by atoms with Crippen LogP contribution in [-0.2, 0) is 22.6 Å². The number of rotatable bonds is 10. The number of carboxylic acids is 1. The van der Waals surface area contributed by atoms with E-state index in [9.17, 15) is 14.0 Å². The summed E-state index contributed by atoms with van der Waals surface area (Å²) < 4.78 is 23.7. The molecule has 7 N–H and O–H groups in total. The summed E-state index contributed by atoms with van der Waals surface area (Å²) in [6.07, 6.45) is 0.375. The predicted octanol–water partition coefficient (Wildman–Crippen LogP) is 1.64. The van der Waals surface area contributed by atoms with Gasteiger partial charge in [0.15, 0.2) is 23.3 Å². The van der Waals surface area contributed by atoms with Crippen LogP contribution in [0.5, 0.6) is 11.5 Å². The van der Waals surface area contributed by atoms with Gasteiger partial charge in [0, 0.05) is 6.54 Å². The molecular formula is C25H33FN8O5. The van der Waals surface area contributed by atoms with Crippen LogP contribution in [0.25, 0.3) is 11.4 Å². The van der Waals surface area contributed by atoms with E-state index in [4.69, 9.17) is 26.0 Å². The van der Waals surface area contributed by atoms with Gasteiger partial charge in [-0.05, 0) is 58.2 Å². The fraction of sp³-hybridized carbons (Fsp3) is 0.360. The fourth-order valence-electron chi connectivity index (χ4n) is 3.39. The van der Waals surface area contributed by atoms with Gasteiger partial charge in [0.25, 0.3) is 5.91 Å². The number of aliphatic carboxylic acids is 1. The largest absolute Gasteiger partial charge is 0.493 e. The molecule has 0 radical (unpaired) electrons. The molecule has 1 aromatic heterocycles. The summed E-state index contributed by atoms with van der Waals surface area (Å²) >= 11 is 0. The van der Waals surface area contributed by atoms with Gasteiger partial charge in [-0.15, -0.1) is 5.10 Å². The summed E-state index contributed by atoms with van der Waals surface area (Å²) in [7, 11) is 3.03. The number of carbonyl (C=O) groups excluding carboxylic acids is 1. The number of hydrogen-bond donors (Lipinski definition) is 5. The average molecular weight is 545 g/mol. The van der Waals surface area contributed by atoms with Gasteiger partial charge in [-0.3, -0.25) is 4.79 Å². The molecule has 1 heterocycles. The van der Waals surface area contributed by atoms with Crippen LogP contribution >= 0.6 is 0 Å². The summed E-state index contributed by atoms with van der Waals surface area (Å²) in [5.74, 6) is -0.600. The van der Waals surface area contributed by atoms with Crippen molar-refractivity contribution in [2.75, 3.05) is 14.2 Å². The van der Waals surface area contributed by atoms with E-state index < -0.39 is 17.9 Å². The number of ether oxygens (including phenoxy) is 2. The van der Waals surface area contributed by atoms with E-state index in [1.54, 1.807) is 30.3 Å². The lowest BCUT2D eigenvalue weighted by atomic mass is 10.0. The number of nitrogens with two attached hydrogens (primary N) is 2. The van der Waals surface area contributed by atoms with Crippen LogP contribution in [0, 0.1) is 11.7 Å². The van der Waals surface area contributed by atoms with E-state index >= 15 is 0 Å². The molecule has 0 bridgehead atoms. The topological polar surface area (TPSA) is 204 Å². The van der Waals surface area contributed by atoms with Gasteiger partial charge in [0.1, 0.15) is 11.9 Å². The molecule has 210 valence electrons. The Hall–Kier alpha value is -4.59. The molecule has 2 aromatic carbocycles. The number of aromatic amines is 1. The van der Waals surface area contributed by atoms with Crippen LogP contribution in [0.2, 0.25) is 0 Å². The SMILES string of the molecule is COc1ccc(CC(=O)N=C(N)NC(CC(C)C)C(=O)O)cc1OC.NCc1ccc(-c2nnn[nH]2)c(F)c1. The second-order valence-corrected chi connectivity index (χ2v) is 8.69. The number of nitrogens with one attached hydrogen (secondary N) is 2. The Labute approximate surface area is 224 Å². The zero-order chi connectivity index (χ0) is 28.9. The summed E-state index contributed by atoms with van der Waals surface area (Å²) in [4.78, 5) is 26.9. The molecule has 0 fully saturated rings. The molecule has 0 aliphatic heterocycles. The van der Waals surface area contributed by atoms with Gasteiger partial charge < -0.3 is 31.4 Å². The highest BCUT2D eigenvalue weighted by atomic mass is 19.1. The number of amides is 1. The molecule has 0 saturated carbocycles. The molecule has 39 heavy (non-hydrogen) atoms. The summed E-state index contributed by atoms with van der Waals surface area (Å²) in [6, 6.07) is 8.90. The first kappa shape index (κ1) is 30.6. The molecule has 14 heteroatoms. The van der Waals surface area contributed by atoms with Crippen molar-refractivity contribution in [1.29, 1.82) is 0 Å². The van der Waals surface area contributed by atoms with Crippen LogP contribution in [0.4, 0.5) is 4.39 Å². The number of halogens is 1. The highest BCUT2D eigenvalue weighted by Crippen LogP contribution is 2.27. The molecule has 3 rings (SSSR count). The van der Waals surface area contributed by atoms with Gasteiger partial charge in [0.05, 0.1) is 26.2 Å². The standard InChI is InChI=1S/C17H25N3O5.C8H8FN5/c1-10(2)7-12(16(22)23)19-17(18)20-15(21)9-11-5-6-13(24-3)14(8-11)25-4;9-7-3-5(4-10)1-2-6(7)8-11-13-14-12-8/h5-6,8,10,12H,7,9H2,1-4H3,(H,22,23)(H3,18,19,20,21);1-3H,4,10H2,(H,11,12,13,14). The van der Waals surface area contributed by atoms with Gasteiger partial charge in [-0.1, -0.05) is 26.0 Å². The Morgan fingerprint density at radius 1 is 1.13 bits per heavy atom. The first-order valence-corrected chi connectivity index (χ1v) is 11.9. The lowest BCUT2D eigenvalue weighted by molar-refractivity contribution is -0.139. The summed E-state index contributed by atoms with van der Waals surface area (Å²) in [5, 5.41) is 24.6. The minimum atomic E-state index is -1.04. The van der Waals surface area contributed by atoms with Crippen molar-refractivity contribution in [1.82, 2.24) is 25.9 Å². The number of benzene rings is 2. The smallest absolute Gasteiger partial charge is 0.326 e. The van der Waals surface area contributed by atoms with Crippen molar-refractivity contribution >= 4 is 17.8 Å². The van der Waals surface area contributed by atoms with Crippen LogP contribution in [0.1, 0.15) is 31.4 Å². The maximum absolute atomic E-state index is 13.4. The molecule has 1 amide bonds. The first-order chi connectivity index (χ1) is 18.6. The van der Waals surface area contributed by atoms with Crippen molar-refractivity contribution in [2.24, 2.45) is 22.4 Å². The van der Waals surface area contributed by atoms with E-state index in [2.05, 4.69) is 30.9 Å². The number of tetrazole rings is 1. The maximum Gasteiger partial charge on any atom is 0.326 e.